The minimum absolute atomic E-state index is 0.0519. The van der Waals surface area contributed by atoms with Crippen molar-refractivity contribution in [2.75, 3.05) is 49.1 Å². The first-order valence-corrected chi connectivity index (χ1v) is 12.7. The van der Waals surface area contributed by atoms with Gasteiger partial charge in [-0.1, -0.05) is 30.3 Å². The van der Waals surface area contributed by atoms with E-state index in [0.717, 1.165) is 48.9 Å². The highest BCUT2D eigenvalue weighted by Crippen LogP contribution is 2.26. The van der Waals surface area contributed by atoms with Crippen molar-refractivity contribution in [2.45, 2.75) is 33.2 Å². The predicted molar refractivity (Wildman–Crippen MR) is 141 cm³/mol. The van der Waals surface area contributed by atoms with Crippen LogP contribution in [0.3, 0.4) is 0 Å². The van der Waals surface area contributed by atoms with Gasteiger partial charge in [0.15, 0.2) is 5.82 Å². The highest BCUT2D eigenvalue weighted by Gasteiger charge is 2.28. The molecule has 0 spiro atoms. The molecule has 1 N–H and O–H groups in total. The third kappa shape index (κ3) is 5.23. The normalized spacial score (nSPS) is 18.1. The molecule has 192 valence electrons. The van der Waals surface area contributed by atoms with Crippen molar-refractivity contribution >= 4 is 23.5 Å². The maximum absolute atomic E-state index is 12.7. The molecule has 2 saturated heterocycles. The number of hydrogen-bond acceptors (Lipinski definition) is 8. The Labute approximate surface area is 216 Å². The second-order valence-corrected chi connectivity index (χ2v) is 9.71. The predicted octanol–water partition coefficient (Wildman–Crippen LogP) is 1.76. The molecule has 2 aliphatic heterocycles. The van der Waals surface area contributed by atoms with Crippen LogP contribution in [0, 0.1) is 13.8 Å². The van der Waals surface area contributed by atoms with Crippen molar-refractivity contribution < 1.29 is 9.59 Å². The molecule has 5 rings (SSSR count). The molecule has 0 bridgehead atoms. The largest absolute Gasteiger partial charge is 0.353 e. The van der Waals surface area contributed by atoms with Crippen LogP contribution in [-0.4, -0.2) is 82.2 Å². The fourth-order valence-electron chi connectivity index (χ4n) is 4.94. The van der Waals surface area contributed by atoms with E-state index in [1.165, 1.54) is 22.2 Å². The molecule has 4 heterocycles. The third-order valence-corrected chi connectivity index (χ3v) is 7.21. The van der Waals surface area contributed by atoms with E-state index in [0.29, 0.717) is 13.1 Å². The summed E-state index contributed by atoms with van der Waals surface area (Å²) in [4.78, 5) is 39.2. The smallest absolute Gasteiger partial charge is 0.274 e. The molecule has 2 fully saturated rings. The number of anilines is 2. The van der Waals surface area contributed by atoms with Crippen LogP contribution < -0.4 is 15.1 Å². The van der Waals surface area contributed by atoms with Crippen LogP contribution in [0.5, 0.6) is 0 Å². The number of nitrogens with zero attached hydrogens (tertiary/aromatic N) is 7. The summed E-state index contributed by atoms with van der Waals surface area (Å²) in [7, 11) is 0. The van der Waals surface area contributed by atoms with Crippen LogP contribution in [0.2, 0.25) is 0 Å². The minimum atomic E-state index is -0.271. The number of piperazine rings is 2. The minimum Gasteiger partial charge on any atom is -0.353 e. The van der Waals surface area contributed by atoms with Gasteiger partial charge in [-0.05, 0) is 37.5 Å². The summed E-state index contributed by atoms with van der Waals surface area (Å²) >= 11 is 0. The summed E-state index contributed by atoms with van der Waals surface area (Å²) in [6.45, 7) is 9.69. The van der Waals surface area contributed by atoms with Gasteiger partial charge in [0.05, 0.1) is 24.6 Å². The van der Waals surface area contributed by atoms with Crippen molar-refractivity contribution in [3.05, 3.63) is 70.8 Å². The number of benzene rings is 1. The van der Waals surface area contributed by atoms with E-state index in [1.54, 1.807) is 6.20 Å². The number of aromatic nitrogens is 4. The lowest BCUT2D eigenvalue weighted by molar-refractivity contribution is -0.123. The van der Waals surface area contributed by atoms with Crippen LogP contribution >= 0.6 is 0 Å². The molecular formula is C27H32N8O2. The lowest BCUT2D eigenvalue weighted by Crippen LogP contribution is -2.53. The molecular weight excluding hydrogens is 468 g/mol. The highest BCUT2D eigenvalue weighted by molar-refractivity contribution is 5.95. The van der Waals surface area contributed by atoms with Gasteiger partial charge in [0.2, 0.25) is 5.91 Å². The summed E-state index contributed by atoms with van der Waals surface area (Å²) in [5.41, 5.74) is 4.83. The fourth-order valence-corrected chi connectivity index (χ4v) is 4.94. The first kappa shape index (κ1) is 24.6. The molecule has 1 atom stereocenters. The summed E-state index contributed by atoms with van der Waals surface area (Å²) in [6, 6.07) is 10.5. The molecule has 37 heavy (non-hydrogen) atoms. The van der Waals surface area contributed by atoms with Crippen molar-refractivity contribution in [3.8, 4) is 0 Å². The standard InChI is InChI=1S/C27H32N8O2/c1-18-16-33(26-20(3)19(2)22(31-32-26)13-21-7-5-4-6-8-21)11-12-35(18)24-15-29-23(14-30-24)27(37)34-10-9-28-25(36)17-34/h4-8,14-15,18H,9-13,16-17H2,1-3H3,(H,28,36). The Morgan fingerprint density at radius 3 is 2.54 bits per heavy atom. The molecule has 0 saturated carbocycles. The van der Waals surface area contributed by atoms with Crippen molar-refractivity contribution in [3.63, 3.8) is 0 Å². The number of hydrogen-bond donors (Lipinski definition) is 1. The second kappa shape index (κ2) is 10.5. The average Bonchev–Trinajstić information content (AvgIpc) is 2.92. The van der Waals surface area contributed by atoms with Crippen molar-refractivity contribution in [1.29, 1.82) is 0 Å². The van der Waals surface area contributed by atoms with E-state index in [-0.39, 0.29) is 30.1 Å². The quantitative estimate of drug-likeness (QED) is 0.565. The summed E-state index contributed by atoms with van der Waals surface area (Å²) in [5.74, 6) is 1.24. The van der Waals surface area contributed by atoms with Gasteiger partial charge in [-0.2, -0.15) is 5.10 Å². The number of nitrogens with one attached hydrogen (secondary N) is 1. The Morgan fingerprint density at radius 2 is 1.84 bits per heavy atom. The maximum Gasteiger partial charge on any atom is 0.274 e. The molecule has 1 unspecified atom stereocenters. The Kier molecular flexibility index (Phi) is 6.98. The summed E-state index contributed by atoms with van der Waals surface area (Å²) < 4.78 is 0. The van der Waals surface area contributed by atoms with Crippen LogP contribution in [0.25, 0.3) is 0 Å². The zero-order chi connectivity index (χ0) is 25.9. The van der Waals surface area contributed by atoms with Gasteiger partial charge < -0.3 is 20.0 Å². The lowest BCUT2D eigenvalue weighted by atomic mass is 10.0. The van der Waals surface area contributed by atoms with E-state index in [9.17, 15) is 9.59 Å². The van der Waals surface area contributed by atoms with Gasteiger partial charge in [-0.3, -0.25) is 9.59 Å². The first-order valence-electron chi connectivity index (χ1n) is 12.7. The Balaban J connectivity index is 1.24. The monoisotopic (exact) mass is 500 g/mol. The number of carbonyl (C=O) groups is 2. The van der Waals surface area contributed by atoms with Gasteiger partial charge in [0.1, 0.15) is 11.5 Å². The molecule has 10 heteroatoms. The first-order chi connectivity index (χ1) is 17.9. The van der Waals surface area contributed by atoms with Crippen LogP contribution in [0.4, 0.5) is 11.6 Å². The van der Waals surface area contributed by atoms with Gasteiger partial charge in [0.25, 0.3) is 5.91 Å². The van der Waals surface area contributed by atoms with Crippen LogP contribution in [0.1, 0.15) is 39.8 Å². The highest BCUT2D eigenvalue weighted by atomic mass is 16.2. The Bertz CT molecular complexity index is 1280. The van der Waals surface area contributed by atoms with E-state index < -0.39 is 0 Å². The molecule has 0 aliphatic carbocycles. The van der Waals surface area contributed by atoms with Gasteiger partial charge >= 0.3 is 0 Å². The van der Waals surface area contributed by atoms with Gasteiger partial charge in [-0.25, -0.2) is 9.97 Å². The topological polar surface area (TPSA) is 107 Å². The molecule has 2 aromatic heterocycles. The zero-order valence-electron chi connectivity index (χ0n) is 21.5. The van der Waals surface area contributed by atoms with E-state index in [1.807, 2.05) is 18.2 Å². The fraction of sp³-hybridized carbons (Fsp3) is 0.407. The number of amides is 2. The lowest BCUT2D eigenvalue weighted by Gasteiger charge is -2.41. The Hall–Kier alpha value is -4.08. The molecule has 10 nitrogen and oxygen atoms in total. The Morgan fingerprint density at radius 1 is 1.03 bits per heavy atom. The second-order valence-electron chi connectivity index (χ2n) is 9.71. The van der Waals surface area contributed by atoms with Crippen molar-refractivity contribution in [1.82, 2.24) is 30.4 Å². The number of rotatable bonds is 5. The zero-order valence-corrected chi connectivity index (χ0v) is 21.5. The van der Waals surface area contributed by atoms with E-state index in [4.69, 9.17) is 0 Å². The van der Waals surface area contributed by atoms with Crippen LogP contribution in [-0.2, 0) is 11.2 Å². The van der Waals surface area contributed by atoms with Crippen molar-refractivity contribution in [2.24, 2.45) is 0 Å². The summed E-state index contributed by atoms with van der Waals surface area (Å²) in [6.07, 6.45) is 3.93. The van der Waals surface area contributed by atoms with Crippen LogP contribution in [0.15, 0.2) is 42.7 Å². The number of carbonyl (C=O) groups excluding carboxylic acids is 2. The maximum atomic E-state index is 12.7. The van der Waals surface area contributed by atoms with E-state index in [2.05, 4.69) is 68.2 Å². The van der Waals surface area contributed by atoms with Gasteiger partial charge in [0, 0.05) is 45.2 Å². The average molecular weight is 501 g/mol. The third-order valence-electron chi connectivity index (χ3n) is 7.21. The molecule has 2 aliphatic rings. The molecule has 2 amide bonds. The van der Waals surface area contributed by atoms with E-state index >= 15 is 0 Å². The SMILES string of the molecule is Cc1c(Cc2ccccc2)nnc(N2CCN(c3cnc(C(=O)N4CCNC(=O)C4)cn3)C(C)C2)c1C. The van der Waals surface area contributed by atoms with Gasteiger partial charge in [-0.15, -0.1) is 5.10 Å². The summed E-state index contributed by atoms with van der Waals surface area (Å²) in [5, 5.41) is 11.9. The molecule has 0 radical (unpaired) electrons. The molecule has 1 aromatic carbocycles. The molecule has 3 aromatic rings.